The van der Waals surface area contributed by atoms with Crippen LogP contribution >= 0.6 is 0 Å². The minimum Gasteiger partial charge on any atom is -0.496 e. The lowest BCUT2D eigenvalue weighted by Gasteiger charge is -2.20. The first-order chi connectivity index (χ1) is 7.26. The molecule has 0 saturated heterocycles. The van der Waals surface area contributed by atoms with Gasteiger partial charge in [0.2, 0.25) is 0 Å². The average molecular weight is 202 g/mol. The number of hydrogen-bond donors (Lipinski definition) is 0. The van der Waals surface area contributed by atoms with Crippen LogP contribution in [0, 0.1) is 6.92 Å². The Kier molecular flexibility index (Phi) is 2.81. The Morgan fingerprint density at radius 2 is 2.07 bits per heavy atom. The van der Waals surface area contributed by atoms with E-state index in [2.05, 4.69) is 32.1 Å². The molecule has 0 spiro atoms. The summed E-state index contributed by atoms with van der Waals surface area (Å²) >= 11 is 0. The second-order valence-electron chi connectivity index (χ2n) is 4.15. The predicted octanol–water partition coefficient (Wildman–Crippen LogP) is 3.74. The zero-order valence-corrected chi connectivity index (χ0v) is 9.76. The van der Waals surface area contributed by atoms with Crippen molar-refractivity contribution in [2.24, 2.45) is 0 Å². The molecule has 1 aliphatic rings. The maximum absolute atomic E-state index is 5.36. The molecule has 1 nitrogen and oxygen atoms in total. The summed E-state index contributed by atoms with van der Waals surface area (Å²) < 4.78 is 5.36. The lowest BCUT2D eigenvalue weighted by molar-refractivity contribution is 0.411. The van der Waals surface area contributed by atoms with Gasteiger partial charge in [-0.3, -0.25) is 0 Å². The number of fused-ring (bicyclic) bond motifs is 1. The molecule has 1 aromatic carbocycles. The zero-order chi connectivity index (χ0) is 10.8. The largest absolute Gasteiger partial charge is 0.496 e. The molecule has 0 N–H and O–H groups in total. The molecule has 15 heavy (non-hydrogen) atoms. The number of benzene rings is 1. The summed E-state index contributed by atoms with van der Waals surface area (Å²) in [5, 5.41) is 0. The van der Waals surface area contributed by atoms with Crippen LogP contribution in [0.15, 0.2) is 18.2 Å². The zero-order valence-electron chi connectivity index (χ0n) is 9.76. The Morgan fingerprint density at radius 1 is 1.27 bits per heavy atom. The van der Waals surface area contributed by atoms with Crippen molar-refractivity contribution < 1.29 is 4.74 Å². The van der Waals surface area contributed by atoms with Crippen LogP contribution in [-0.2, 0) is 6.42 Å². The molecular formula is C14H18O. The average Bonchev–Trinajstić information content (AvgIpc) is 2.27. The first-order valence-electron chi connectivity index (χ1n) is 5.59. The van der Waals surface area contributed by atoms with Gasteiger partial charge in [-0.05, 0) is 67.5 Å². The van der Waals surface area contributed by atoms with E-state index in [1.165, 1.54) is 41.5 Å². The maximum atomic E-state index is 5.36. The first kappa shape index (κ1) is 10.3. The molecular weight excluding hydrogens is 184 g/mol. The first-order valence-corrected chi connectivity index (χ1v) is 5.59. The van der Waals surface area contributed by atoms with E-state index in [1.807, 2.05) is 0 Å². The molecule has 0 amide bonds. The van der Waals surface area contributed by atoms with Gasteiger partial charge in [0.25, 0.3) is 0 Å². The number of allylic oxidation sites excluding steroid dienone is 2. The normalized spacial score (nSPS) is 17.7. The smallest absolute Gasteiger partial charge is 0.122 e. The molecule has 0 fully saturated rings. The molecule has 0 atom stereocenters. The molecule has 0 aliphatic heterocycles. The lowest BCUT2D eigenvalue weighted by Crippen LogP contribution is -2.03. The van der Waals surface area contributed by atoms with E-state index in [-0.39, 0.29) is 0 Å². The van der Waals surface area contributed by atoms with Crippen molar-refractivity contribution in [1.82, 2.24) is 0 Å². The van der Waals surface area contributed by atoms with E-state index in [1.54, 1.807) is 7.11 Å². The van der Waals surface area contributed by atoms with Gasteiger partial charge in [-0.15, -0.1) is 0 Å². The quantitative estimate of drug-likeness (QED) is 0.674. The third-order valence-electron chi connectivity index (χ3n) is 3.21. The van der Waals surface area contributed by atoms with Crippen LogP contribution < -0.4 is 4.74 Å². The Labute approximate surface area is 91.8 Å². The summed E-state index contributed by atoms with van der Waals surface area (Å²) in [6.45, 7) is 4.24. The summed E-state index contributed by atoms with van der Waals surface area (Å²) in [5.74, 6) is 1.02. The van der Waals surface area contributed by atoms with Crippen LogP contribution in [0.25, 0.3) is 5.57 Å². The maximum Gasteiger partial charge on any atom is 0.122 e. The van der Waals surface area contributed by atoms with Crippen molar-refractivity contribution in [1.29, 1.82) is 0 Å². The highest BCUT2D eigenvalue weighted by Crippen LogP contribution is 2.34. The second kappa shape index (κ2) is 4.09. The molecule has 0 aromatic heterocycles. The SMILES string of the molecule is C/C=C1\CCCc2cc(OC)c(C)cc21. The van der Waals surface area contributed by atoms with Crippen LogP contribution in [0.1, 0.15) is 36.5 Å². The summed E-state index contributed by atoms with van der Waals surface area (Å²) in [7, 11) is 1.74. The van der Waals surface area contributed by atoms with Crippen molar-refractivity contribution in [3.05, 3.63) is 34.9 Å². The van der Waals surface area contributed by atoms with Gasteiger partial charge >= 0.3 is 0 Å². The van der Waals surface area contributed by atoms with Gasteiger partial charge < -0.3 is 4.74 Å². The highest BCUT2D eigenvalue weighted by molar-refractivity contribution is 5.71. The van der Waals surface area contributed by atoms with Crippen LogP contribution in [-0.4, -0.2) is 7.11 Å². The van der Waals surface area contributed by atoms with Crippen molar-refractivity contribution in [2.75, 3.05) is 7.11 Å². The van der Waals surface area contributed by atoms with Crippen molar-refractivity contribution >= 4 is 5.57 Å². The highest BCUT2D eigenvalue weighted by Gasteiger charge is 2.15. The van der Waals surface area contributed by atoms with Gasteiger partial charge in [0, 0.05) is 0 Å². The van der Waals surface area contributed by atoms with Gasteiger partial charge in [-0.2, -0.15) is 0 Å². The van der Waals surface area contributed by atoms with E-state index >= 15 is 0 Å². The van der Waals surface area contributed by atoms with Gasteiger partial charge in [-0.25, -0.2) is 0 Å². The molecule has 0 radical (unpaired) electrons. The fourth-order valence-electron chi connectivity index (χ4n) is 2.36. The van der Waals surface area contributed by atoms with Crippen LogP contribution in [0.2, 0.25) is 0 Å². The molecule has 0 heterocycles. The molecule has 1 aromatic rings. The fourth-order valence-corrected chi connectivity index (χ4v) is 2.36. The summed E-state index contributed by atoms with van der Waals surface area (Å²) in [6, 6.07) is 4.47. The third kappa shape index (κ3) is 1.79. The van der Waals surface area contributed by atoms with Crippen molar-refractivity contribution in [3.8, 4) is 5.75 Å². The van der Waals surface area contributed by atoms with Gasteiger partial charge in [0.15, 0.2) is 0 Å². The second-order valence-corrected chi connectivity index (χ2v) is 4.15. The fraction of sp³-hybridized carbons (Fsp3) is 0.429. The minimum absolute atomic E-state index is 1.02. The summed E-state index contributed by atoms with van der Waals surface area (Å²) in [4.78, 5) is 0. The van der Waals surface area contributed by atoms with Crippen molar-refractivity contribution in [2.45, 2.75) is 33.1 Å². The van der Waals surface area contributed by atoms with Gasteiger partial charge in [-0.1, -0.05) is 6.08 Å². The van der Waals surface area contributed by atoms with Crippen LogP contribution in [0.4, 0.5) is 0 Å². The molecule has 1 heteroatoms. The van der Waals surface area contributed by atoms with E-state index in [9.17, 15) is 0 Å². The molecule has 2 rings (SSSR count). The number of ether oxygens (including phenoxy) is 1. The molecule has 80 valence electrons. The van der Waals surface area contributed by atoms with E-state index in [4.69, 9.17) is 4.74 Å². The van der Waals surface area contributed by atoms with E-state index in [0.717, 1.165) is 5.75 Å². The number of rotatable bonds is 1. The van der Waals surface area contributed by atoms with Crippen molar-refractivity contribution in [3.63, 3.8) is 0 Å². The lowest BCUT2D eigenvalue weighted by atomic mass is 9.86. The third-order valence-corrected chi connectivity index (χ3v) is 3.21. The molecule has 0 unspecified atom stereocenters. The molecule has 0 bridgehead atoms. The standard InChI is InChI=1S/C14H18O/c1-4-11-6-5-7-12-9-14(15-3)10(2)8-13(11)12/h4,8-9H,5-7H2,1-3H3/b11-4+. The monoisotopic (exact) mass is 202 g/mol. The number of hydrogen-bond acceptors (Lipinski definition) is 1. The van der Waals surface area contributed by atoms with Gasteiger partial charge in [0.05, 0.1) is 7.11 Å². The minimum atomic E-state index is 1.02. The molecule has 1 aliphatic carbocycles. The Hall–Kier alpha value is -1.24. The molecule has 0 saturated carbocycles. The van der Waals surface area contributed by atoms with Crippen LogP contribution in [0.3, 0.4) is 0 Å². The van der Waals surface area contributed by atoms with E-state index < -0.39 is 0 Å². The Morgan fingerprint density at radius 3 is 2.73 bits per heavy atom. The van der Waals surface area contributed by atoms with E-state index in [0.29, 0.717) is 0 Å². The van der Waals surface area contributed by atoms with Crippen LogP contribution in [0.5, 0.6) is 5.75 Å². The number of aryl methyl sites for hydroxylation is 2. The topological polar surface area (TPSA) is 9.23 Å². The Bertz CT molecular complexity index is 402. The number of methoxy groups -OCH3 is 1. The predicted molar refractivity (Wildman–Crippen MR) is 64.3 cm³/mol. The summed E-state index contributed by atoms with van der Waals surface area (Å²) in [5.41, 5.74) is 5.60. The highest BCUT2D eigenvalue weighted by atomic mass is 16.5. The Balaban J connectivity index is 2.55. The van der Waals surface area contributed by atoms with Gasteiger partial charge in [0.1, 0.15) is 5.75 Å². The summed E-state index contributed by atoms with van der Waals surface area (Å²) in [6.07, 6.45) is 5.90.